The van der Waals surface area contributed by atoms with Crippen LogP contribution < -0.4 is 5.32 Å². The highest BCUT2D eigenvalue weighted by molar-refractivity contribution is 9.10. The summed E-state index contributed by atoms with van der Waals surface area (Å²) in [5.41, 5.74) is 2.20. The van der Waals surface area contributed by atoms with Crippen LogP contribution in [-0.2, 0) is 15.4 Å². The van der Waals surface area contributed by atoms with Crippen LogP contribution in [0.5, 0.6) is 0 Å². The molecule has 1 aliphatic rings. The molecule has 2 aromatic rings. The van der Waals surface area contributed by atoms with Gasteiger partial charge in [-0.2, -0.15) is 4.31 Å². The van der Waals surface area contributed by atoms with Gasteiger partial charge in [-0.05, 0) is 60.2 Å². The summed E-state index contributed by atoms with van der Waals surface area (Å²) in [7, 11) is -3.47. The van der Waals surface area contributed by atoms with E-state index in [1.807, 2.05) is 12.1 Å². The molecule has 0 aromatic heterocycles. The minimum atomic E-state index is -3.47. The number of nitrogens with zero attached hydrogens (tertiary/aromatic N) is 1. The molecule has 1 heterocycles. The lowest BCUT2D eigenvalue weighted by molar-refractivity contribution is 0.102. The van der Waals surface area contributed by atoms with Crippen molar-refractivity contribution in [1.82, 2.24) is 4.31 Å². The Morgan fingerprint density at radius 2 is 1.62 bits per heavy atom. The van der Waals surface area contributed by atoms with Crippen LogP contribution in [-0.4, -0.2) is 31.7 Å². The number of hydrogen-bond acceptors (Lipinski definition) is 3. The molecule has 3 rings (SSSR count). The number of benzene rings is 2. The Bertz CT molecular complexity index is 990. The topological polar surface area (TPSA) is 66.5 Å². The van der Waals surface area contributed by atoms with Crippen LogP contribution in [0.25, 0.3) is 0 Å². The predicted octanol–water partition coefficient (Wildman–Crippen LogP) is 5.17. The van der Waals surface area contributed by atoms with Crippen molar-refractivity contribution in [2.45, 2.75) is 50.3 Å². The van der Waals surface area contributed by atoms with E-state index in [-0.39, 0.29) is 16.2 Å². The van der Waals surface area contributed by atoms with Gasteiger partial charge in [0.2, 0.25) is 10.0 Å². The molecular formula is C22H27BrN2O3S. The first-order valence-electron chi connectivity index (χ1n) is 9.80. The van der Waals surface area contributed by atoms with Crippen molar-refractivity contribution < 1.29 is 13.2 Å². The smallest absolute Gasteiger partial charge is 0.255 e. The number of carbonyl (C=O) groups is 1. The van der Waals surface area contributed by atoms with Gasteiger partial charge in [-0.15, -0.1) is 0 Å². The van der Waals surface area contributed by atoms with Gasteiger partial charge in [-0.1, -0.05) is 49.2 Å². The number of sulfonamides is 1. The molecule has 0 radical (unpaired) electrons. The summed E-state index contributed by atoms with van der Waals surface area (Å²) in [4.78, 5) is 12.9. The summed E-state index contributed by atoms with van der Waals surface area (Å²) in [5, 5.41) is 2.83. The van der Waals surface area contributed by atoms with E-state index in [1.165, 1.54) is 0 Å². The maximum absolute atomic E-state index is 12.7. The lowest BCUT2D eigenvalue weighted by Crippen LogP contribution is -2.35. The van der Waals surface area contributed by atoms with E-state index in [0.717, 1.165) is 29.3 Å². The van der Waals surface area contributed by atoms with E-state index in [2.05, 4.69) is 42.0 Å². The first-order valence-corrected chi connectivity index (χ1v) is 12.0. The standard InChI is InChI=1S/C22H27BrN2O3S/c1-22(2,3)19-12-7-16(15-20(19)23)21(26)24-17-8-10-18(11-9-17)29(27,28)25-13-5-4-6-14-25/h7-12,15H,4-6,13-14H2,1-3H3,(H,24,26). The normalized spacial score (nSPS) is 15.9. The number of amides is 1. The molecule has 2 aromatic carbocycles. The molecule has 1 N–H and O–H groups in total. The quantitative estimate of drug-likeness (QED) is 0.658. The maximum Gasteiger partial charge on any atom is 0.255 e. The second kappa shape index (κ2) is 8.58. The number of anilines is 1. The fraction of sp³-hybridized carbons (Fsp3) is 0.409. The van der Waals surface area contributed by atoms with Crippen molar-refractivity contribution in [2.24, 2.45) is 0 Å². The van der Waals surface area contributed by atoms with Gasteiger partial charge >= 0.3 is 0 Å². The predicted molar refractivity (Wildman–Crippen MR) is 120 cm³/mol. The van der Waals surface area contributed by atoms with E-state index in [9.17, 15) is 13.2 Å². The molecule has 29 heavy (non-hydrogen) atoms. The molecule has 1 fully saturated rings. The highest BCUT2D eigenvalue weighted by Gasteiger charge is 2.25. The molecule has 0 spiro atoms. The van der Waals surface area contributed by atoms with E-state index < -0.39 is 10.0 Å². The van der Waals surface area contributed by atoms with Gasteiger partial charge in [-0.3, -0.25) is 4.79 Å². The summed E-state index contributed by atoms with van der Waals surface area (Å²) in [6.07, 6.45) is 2.87. The molecule has 0 bridgehead atoms. The third-order valence-electron chi connectivity index (χ3n) is 5.10. The molecule has 1 saturated heterocycles. The number of piperidine rings is 1. The fourth-order valence-electron chi connectivity index (χ4n) is 3.43. The van der Waals surface area contributed by atoms with E-state index in [4.69, 9.17) is 0 Å². The van der Waals surface area contributed by atoms with E-state index in [1.54, 1.807) is 34.6 Å². The Morgan fingerprint density at radius 1 is 1.00 bits per heavy atom. The van der Waals surface area contributed by atoms with Gasteiger partial charge in [0.1, 0.15) is 0 Å². The molecule has 0 atom stereocenters. The number of rotatable bonds is 4. The van der Waals surface area contributed by atoms with Crippen molar-refractivity contribution in [3.63, 3.8) is 0 Å². The molecule has 0 aliphatic carbocycles. The van der Waals surface area contributed by atoms with E-state index >= 15 is 0 Å². The maximum atomic E-state index is 12.7. The average molecular weight is 479 g/mol. The summed E-state index contributed by atoms with van der Waals surface area (Å²) in [6, 6.07) is 11.9. The Hall–Kier alpha value is -1.70. The third-order valence-corrected chi connectivity index (χ3v) is 7.67. The van der Waals surface area contributed by atoms with Gasteiger partial charge in [0.15, 0.2) is 0 Å². The van der Waals surface area contributed by atoms with Crippen LogP contribution in [0.2, 0.25) is 0 Å². The van der Waals surface area contributed by atoms with Crippen LogP contribution in [0.15, 0.2) is 51.8 Å². The van der Waals surface area contributed by atoms with Crippen molar-refractivity contribution >= 4 is 37.5 Å². The largest absolute Gasteiger partial charge is 0.322 e. The zero-order chi connectivity index (χ0) is 21.2. The average Bonchev–Trinajstić information content (AvgIpc) is 2.68. The van der Waals surface area contributed by atoms with Crippen LogP contribution in [0.1, 0.15) is 56.0 Å². The van der Waals surface area contributed by atoms with Crippen molar-refractivity contribution in [1.29, 1.82) is 0 Å². The Kier molecular flexibility index (Phi) is 6.51. The summed E-state index contributed by atoms with van der Waals surface area (Å²) >= 11 is 3.55. The monoisotopic (exact) mass is 478 g/mol. The number of halogens is 1. The number of carbonyl (C=O) groups excluding carboxylic acids is 1. The van der Waals surface area contributed by atoms with Crippen molar-refractivity contribution in [2.75, 3.05) is 18.4 Å². The second-order valence-corrected chi connectivity index (χ2v) is 11.2. The summed E-state index contributed by atoms with van der Waals surface area (Å²) in [5.74, 6) is -0.238. The number of hydrogen-bond donors (Lipinski definition) is 1. The van der Waals surface area contributed by atoms with Crippen LogP contribution >= 0.6 is 15.9 Å². The van der Waals surface area contributed by atoms with Crippen LogP contribution in [0.4, 0.5) is 5.69 Å². The molecule has 7 heteroatoms. The summed E-state index contributed by atoms with van der Waals surface area (Å²) in [6.45, 7) is 7.49. The Balaban J connectivity index is 1.73. The Labute approximate surface area is 181 Å². The third kappa shape index (κ3) is 5.08. The molecular weight excluding hydrogens is 452 g/mol. The highest BCUT2D eigenvalue weighted by Crippen LogP contribution is 2.30. The SMILES string of the molecule is CC(C)(C)c1ccc(C(=O)Nc2ccc(S(=O)(=O)N3CCCCC3)cc2)cc1Br. The lowest BCUT2D eigenvalue weighted by Gasteiger charge is -2.25. The molecule has 5 nitrogen and oxygen atoms in total. The van der Waals surface area contributed by atoms with Gasteiger partial charge < -0.3 is 5.32 Å². The zero-order valence-corrected chi connectivity index (χ0v) is 19.4. The van der Waals surface area contributed by atoms with Crippen molar-refractivity contribution in [3.8, 4) is 0 Å². The first-order chi connectivity index (χ1) is 13.6. The van der Waals surface area contributed by atoms with Gasteiger partial charge in [0, 0.05) is 28.8 Å². The van der Waals surface area contributed by atoms with E-state index in [0.29, 0.717) is 24.3 Å². The second-order valence-electron chi connectivity index (χ2n) is 8.39. The van der Waals surface area contributed by atoms with Gasteiger partial charge in [-0.25, -0.2) is 8.42 Å². The number of nitrogens with one attached hydrogen (secondary N) is 1. The molecule has 156 valence electrons. The van der Waals surface area contributed by atoms with Crippen LogP contribution in [0, 0.1) is 0 Å². The summed E-state index contributed by atoms with van der Waals surface area (Å²) < 4.78 is 27.9. The first kappa shape index (κ1) is 22.0. The van der Waals surface area contributed by atoms with Gasteiger partial charge in [0.25, 0.3) is 5.91 Å². The molecule has 1 amide bonds. The molecule has 0 saturated carbocycles. The van der Waals surface area contributed by atoms with Crippen LogP contribution in [0.3, 0.4) is 0 Å². The minimum absolute atomic E-state index is 0.0243. The zero-order valence-electron chi connectivity index (χ0n) is 17.0. The molecule has 1 aliphatic heterocycles. The fourth-order valence-corrected chi connectivity index (χ4v) is 5.92. The van der Waals surface area contributed by atoms with Crippen molar-refractivity contribution in [3.05, 3.63) is 58.1 Å². The lowest BCUT2D eigenvalue weighted by atomic mass is 9.86. The molecule has 0 unspecified atom stereocenters. The minimum Gasteiger partial charge on any atom is -0.322 e. The van der Waals surface area contributed by atoms with Gasteiger partial charge in [0.05, 0.1) is 4.90 Å². The Morgan fingerprint density at radius 3 is 2.17 bits per heavy atom. The highest BCUT2D eigenvalue weighted by atomic mass is 79.9.